The number of carbonyl (C=O) groups excluding carboxylic acids is 1. The molecule has 0 spiro atoms. The highest BCUT2D eigenvalue weighted by atomic mass is 35.5. The van der Waals surface area contributed by atoms with Gasteiger partial charge in [-0.05, 0) is 0 Å². The van der Waals surface area contributed by atoms with Gasteiger partial charge in [0.2, 0.25) is 11.8 Å². The van der Waals surface area contributed by atoms with Crippen molar-refractivity contribution in [3.63, 3.8) is 0 Å². The molecular weight excluding hydrogens is 251 g/mol. The second-order valence-electron chi connectivity index (χ2n) is 2.74. The van der Waals surface area contributed by atoms with Gasteiger partial charge in [-0.2, -0.15) is 18.2 Å². The zero-order valence-corrected chi connectivity index (χ0v) is 8.60. The first kappa shape index (κ1) is 12.8. The molecule has 1 rings (SSSR count). The Morgan fingerprint density at radius 1 is 1.50 bits per heavy atom. The zero-order valence-electron chi connectivity index (χ0n) is 7.84. The lowest BCUT2D eigenvalue weighted by Crippen LogP contribution is -2.26. The fourth-order valence-corrected chi connectivity index (χ4v) is 0.922. The summed E-state index contributed by atoms with van der Waals surface area (Å²) in [5, 5.41) is 5.10. The highest BCUT2D eigenvalue weighted by molar-refractivity contribution is 6.27. The third kappa shape index (κ3) is 3.69. The van der Waals surface area contributed by atoms with E-state index in [2.05, 4.69) is 20.0 Å². The van der Waals surface area contributed by atoms with Crippen molar-refractivity contribution in [2.45, 2.75) is 12.6 Å². The average molecular weight is 258 g/mol. The maximum atomic E-state index is 12.0. The molecule has 16 heavy (non-hydrogen) atoms. The lowest BCUT2D eigenvalue weighted by molar-refractivity contribution is -0.146. The van der Waals surface area contributed by atoms with Crippen molar-refractivity contribution >= 4 is 17.5 Å². The normalized spacial score (nSPS) is 11.5. The molecule has 0 bridgehead atoms. The predicted molar refractivity (Wildman–Crippen MR) is 46.7 cm³/mol. The van der Waals surface area contributed by atoms with Gasteiger partial charge in [-0.25, -0.2) is 0 Å². The van der Waals surface area contributed by atoms with Crippen LogP contribution in [0.1, 0.15) is 11.7 Å². The van der Waals surface area contributed by atoms with E-state index in [9.17, 15) is 18.0 Å². The predicted octanol–water partition coefficient (Wildman–Crippen LogP) is 0.986. The van der Waals surface area contributed by atoms with Gasteiger partial charge in [0.15, 0.2) is 0 Å². The largest absolute Gasteiger partial charge is 0.455 e. The molecule has 0 saturated heterocycles. The molecule has 0 aliphatic heterocycles. The number of hydrogen-bond donors (Lipinski definition) is 1. The smallest absolute Gasteiger partial charge is 0.355 e. The van der Waals surface area contributed by atoms with Gasteiger partial charge >= 0.3 is 6.18 Å². The Hall–Kier alpha value is -1.31. The Morgan fingerprint density at radius 3 is 2.69 bits per heavy atom. The number of nitrogens with one attached hydrogen (secondary N) is 1. The maximum Gasteiger partial charge on any atom is 0.455 e. The van der Waals surface area contributed by atoms with E-state index in [4.69, 9.17) is 11.6 Å². The highest BCUT2D eigenvalue weighted by Gasteiger charge is 2.37. The Morgan fingerprint density at radius 2 is 2.19 bits per heavy atom. The third-order valence-corrected chi connectivity index (χ3v) is 1.75. The maximum absolute atomic E-state index is 12.0. The number of hydrogen-bond acceptors (Lipinski definition) is 4. The van der Waals surface area contributed by atoms with E-state index in [0.717, 1.165) is 0 Å². The quantitative estimate of drug-likeness (QED) is 0.817. The van der Waals surface area contributed by atoms with E-state index < -0.39 is 17.9 Å². The monoisotopic (exact) mass is 257 g/mol. The molecule has 1 aromatic rings. The molecule has 0 unspecified atom stereocenters. The molecule has 0 radical (unpaired) electrons. The summed E-state index contributed by atoms with van der Waals surface area (Å²) in [5.41, 5.74) is 0. The van der Waals surface area contributed by atoms with Crippen LogP contribution in [0.5, 0.6) is 0 Å². The fourth-order valence-electron chi connectivity index (χ4n) is 0.828. The fraction of sp³-hybridized carbons (Fsp3) is 0.571. The second-order valence-corrected chi connectivity index (χ2v) is 3.01. The summed E-state index contributed by atoms with van der Waals surface area (Å²) in [6.45, 7) is 0.0883. The Balaban J connectivity index is 2.44. The van der Waals surface area contributed by atoms with Gasteiger partial charge in [-0.15, -0.1) is 11.6 Å². The van der Waals surface area contributed by atoms with Crippen molar-refractivity contribution in [2.24, 2.45) is 0 Å². The molecule has 1 N–H and O–H groups in total. The van der Waals surface area contributed by atoms with Crippen LogP contribution in [0, 0.1) is 0 Å². The average Bonchev–Trinajstić information content (AvgIpc) is 2.65. The van der Waals surface area contributed by atoms with Crippen molar-refractivity contribution in [3.05, 3.63) is 11.7 Å². The molecule has 1 amide bonds. The third-order valence-electron chi connectivity index (χ3n) is 1.50. The second kappa shape index (κ2) is 5.15. The van der Waals surface area contributed by atoms with Gasteiger partial charge in [0.25, 0.3) is 5.82 Å². The zero-order chi connectivity index (χ0) is 12.2. The van der Waals surface area contributed by atoms with Crippen molar-refractivity contribution in [3.8, 4) is 0 Å². The van der Waals surface area contributed by atoms with Crippen LogP contribution >= 0.6 is 11.6 Å². The van der Waals surface area contributed by atoms with Crippen molar-refractivity contribution in [1.29, 1.82) is 0 Å². The summed E-state index contributed by atoms with van der Waals surface area (Å²) in [7, 11) is 0. The van der Waals surface area contributed by atoms with Crippen molar-refractivity contribution in [1.82, 2.24) is 15.5 Å². The van der Waals surface area contributed by atoms with Crippen LogP contribution in [0.15, 0.2) is 4.52 Å². The van der Waals surface area contributed by atoms with Crippen LogP contribution in [0.3, 0.4) is 0 Å². The number of amides is 1. The van der Waals surface area contributed by atoms with Crippen molar-refractivity contribution < 1.29 is 22.5 Å². The lowest BCUT2D eigenvalue weighted by atomic mass is 10.4. The molecular formula is C7H7ClF3N3O2. The van der Waals surface area contributed by atoms with Crippen LogP contribution in [0.2, 0.25) is 0 Å². The molecule has 1 aromatic heterocycles. The van der Waals surface area contributed by atoms with Crippen LogP contribution < -0.4 is 5.32 Å². The van der Waals surface area contributed by atoms with Gasteiger partial charge in [0.1, 0.15) is 5.88 Å². The van der Waals surface area contributed by atoms with Gasteiger partial charge in [0, 0.05) is 13.0 Å². The minimum atomic E-state index is -4.62. The number of rotatable bonds is 4. The first-order chi connectivity index (χ1) is 7.43. The number of carbonyl (C=O) groups is 1. The molecule has 90 valence electrons. The molecule has 0 aliphatic carbocycles. The minimum Gasteiger partial charge on any atom is -0.355 e. The van der Waals surface area contributed by atoms with Gasteiger partial charge in [-0.1, -0.05) is 5.16 Å². The SMILES string of the molecule is O=C(CCl)NCCc1nc(C(F)(F)F)no1. The number of alkyl halides is 4. The minimum absolute atomic E-state index is 0.0196. The summed E-state index contributed by atoms with van der Waals surface area (Å²) in [6.07, 6.45) is -4.60. The Bertz CT molecular complexity index is 366. The number of halogens is 4. The van der Waals surface area contributed by atoms with E-state index in [1.165, 1.54) is 0 Å². The molecule has 0 aliphatic rings. The Labute approximate surface area is 93.0 Å². The molecule has 0 aromatic carbocycles. The van der Waals surface area contributed by atoms with E-state index >= 15 is 0 Å². The van der Waals surface area contributed by atoms with Crippen molar-refractivity contribution in [2.75, 3.05) is 12.4 Å². The summed E-state index contributed by atoms with van der Waals surface area (Å²) in [6, 6.07) is 0. The van der Waals surface area contributed by atoms with E-state index in [-0.39, 0.29) is 24.7 Å². The molecule has 1 heterocycles. The van der Waals surface area contributed by atoms with E-state index in [1.807, 2.05) is 0 Å². The number of aromatic nitrogens is 2. The van der Waals surface area contributed by atoms with E-state index in [0.29, 0.717) is 0 Å². The summed E-state index contributed by atoms with van der Waals surface area (Å²) in [5.74, 6) is -2.15. The first-order valence-electron chi connectivity index (χ1n) is 4.16. The molecule has 0 saturated carbocycles. The van der Waals surface area contributed by atoms with Crippen LogP contribution in [0.4, 0.5) is 13.2 Å². The number of nitrogens with zero attached hydrogens (tertiary/aromatic N) is 2. The van der Waals surface area contributed by atoms with Gasteiger partial charge in [-0.3, -0.25) is 4.79 Å². The molecule has 5 nitrogen and oxygen atoms in total. The van der Waals surface area contributed by atoms with Crippen LogP contribution in [-0.2, 0) is 17.4 Å². The summed E-state index contributed by atoms with van der Waals surface area (Å²) >= 11 is 5.19. The molecule has 9 heteroatoms. The lowest BCUT2D eigenvalue weighted by Gasteiger charge is -1.98. The standard InChI is InChI=1S/C7H7ClF3N3O2/c8-3-4(15)12-2-1-5-13-6(14-16-5)7(9,10)11/h1-3H2,(H,12,15). The van der Waals surface area contributed by atoms with Crippen LogP contribution in [0.25, 0.3) is 0 Å². The molecule has 0 atom stereocenters. The molecule has 0 fully saturated rings. The van der Waals surface area contributed by atoms with E-state index in [1.54, 1.807) is 0 Å². The highest BCUT2D eigenvalue weighted by Crippen LogP contribution is 2.26. The van der Waals surface area contributed by atoms with Gasteiger partial charge < -0.3 is 9.84 Å². The topological polar surface area (TPSA) is 68.0 Å². The van der Waals surface area contributed by atoms with Crippen LogP contribution in [-0.4, -0.2) is 28.5 Å². The summed E-state index contributed by atoms with van der Waals surface area (Å²) < 4.78 is 40.4. The Kier molecular flexibility index (Phi) is 4.11. The first-order valence-corrected chi connectivity index (χ1v) is 4.69. The van der Waals surface area contributed by atoms with Gasteiger partial charge in [0.05, 0.1) is 0 Å². The summed E-state index contributed by atoms with van der Waals surface area (Å²) in [4.78, 5) is 13.8.